The molecule has 0 unspecified atom stereocenters. The minimum absolute atomic E-state index is 0.00602. The highest BCUT2D eigenvalue weighted by atomic mass is 32.1. The molecule has 10 nitrogen and oxygen atoms in total. The van der Waals surface area contributed by atoms with Crippen LogP contribution in [-0.4, -0.2) is 41.1 Å². The topological polar surface area (TPSA) is 149 Å². The molecule has 4 amide bonds. The second-order valence-corrected chi connectivity index (χ2v) is 7.60. The number of fused-ring (bicyclic) bond motifs is 1. The van der Waals surface area contributed by atoms with Gasteiger partial charge in [-0.1, -0.05) is 0 Å². The molecule has 3 N–H and O–H groups in total. The summed E-state index contributed by atoms with van der Waals surface area (Å²) in [5.74, 6) is -2.84. The monoisotopic (exact) mass is 453 g/mol. The first kappa shape index (κ1) is 21.0. The van der Waals surface area contributed by atoms with Crippen LogP contribution in [0.3, 0.4) is 0 Å². The molecule has 0 atom stereocenters. The zero-order chi connectivity index (χ0) is 22.8. The van der Waals surface area contributed by atoms with Crippen molar-refractivity contribution in [3.05, 3.63) is 76.1 Å². The molecule has 32 heavy (non-hydrogen) atoms. The number of thiophene rings is 1. The summed E-state index contributed by atoms with van der Waals surface area (Å²) in [7, 11) is 0. The first-order chi connectivity index (χ1) is 15.3. The van der Waals surface area contributed by atoms with E-state index in [0.29, 0.717) is 5.76 Å². The maximum absolute atomic E-state index is 12.6. The quantitative estimate of drug-likeness (QED) is 0.411. The summed E-state index contributed by atoms with van der Waals surface area (Å²) in [6, 6.07) is 8.70. The first-order valence-corrected chi connectivity index (χ1v) is 10.1. The maximum atomic E-state index is 12.6. The molecule has 4 rings (SSSR count). The van der Waals surface area contributed by atoms with E-state index in [2.05, 4.69) is 5.32 Å². The summed E-state index contributed by atoms with van der Waals surface area (Å²) in [6.45, 7) is -0.654. The number of nitrogens with one attached hydrogen (secondary N) is 1. The van der Waals surface area contributed by atoms with Gasteiger partial charge in [0, 0.05) is 0 Å². The normalized spacial score (nSPS) is 12.6. The van der Waals surface area contributed by atoms with Gasteiger partial charge in [-0.25, -0.2) is 4.79 Å². The Bertz CT molecular complexity index is 1250. The van der Waals surface area contributed by atoms with Crippen molar-refractivity contribution >= 4 is 45.9 Å². The van der Waals surface area contributed by atoms with Crippen molar-refractivity contribution in [1.29, 1.82) is 0 Å². The van der Waals surface area contributed by atoms with Crippen LogP contribution in [0, 0.1) is 0 Å². The molecule has 0 fully saturated rings. The van der Waals surface area contributed by atoms with E-state index in [9.17, 15) is 24.0 Å². The number of nitrogens with two attached hydrogens (primary N) is 1. The fourth-order valence-corrected chi connectivity index (χ4v) is 3.91. The van der Waals surface area contributed by atoms with Crippen molar-refractivity contribution in [3.8, 4) is 0 Å². The van der Waals surface area contributed by atoms with Gasteiger partial charge in [0.25, 0.3) is 23.6 Å². The maximum Gasteiger partial charge on any atom is 0.338 e. The number of hydrogen-bond donors (Lipinski definition) is 2. The summed E-state index contributed by atoms with van der Waals surface area (Å²) in [5, 5.41) is 4.28. The number of amides is 4. The molecule has 3 aromatic rings. The number of carbonyl (C=O) groups is 5. The van der Waals surface area contributed by atoms with Crippen molar-refractivity contribution in [2.75, 3.05) is 11.9 Å². The number of ether oxygens (including phenoxy) is 1. The van der Waals surface area contributed by atoms with Crippen LogP contribution < -0.4 is 11.1 Å². The molecule has 1 aromatic carbocycles. The van der Waals surface area contributed by atoms with E-state index in [1.54, 1.807) is 17.5 Å². The molecular weight excluding hydrogens is 438 g/mol. The van der Waals surface area contributed by atoms with E-state index < -0.39 is 36.2 Å². The Kier molecular flexibility index (Phi) is 5.56. The lowest BCUT2D eigenvalue weighted by atomic mass is 10.1. The minimum atomic E-state index is -0.853. The number of carbonyl (C=O) groups excluding carboxylic acids is 5. The SMILES string of the molecule is NC(=O)c1ccsc1NC(=O)COC(=O)c1ccc2c(c1)C(=O)N(Cc1ccco1)C2=O. The number of imide groups is 1. The molecule has 0 saturated heterocycles. The van der Waals surface area contributed by atoms with Crippen LogP contribution in [0.5, 0.6) is 0 Å². The number of nitrogens with zero attached hydrogens (tertiary/aromatic N) is 1. The van der Waals surface area contributed by atoms with E-state index >= 15 is 0 Å². The van der Waals surface area contributed by atoms with Gasteiger partial charge in [-0.2, -0.15) is 0 Å². The third-order valence-corrected chi connectivity index (χ3v) is 5.45. The lowest BCUT2D eigenvalue weighted by molar-refractivity contribution is -0.119. The highest BCUT2D eigenvalue weighted by Gasteiger charge is 2.36. The molecule has 1 aliphatic heterocycles. The highest BCUT2D eigenvalue weighted by Crippen LogP contribution is 2.26. The summed E-state index contributed by atoms with van der Waals surface area (Å²) in [6.07, 6.45) is 1.44. The van der Waals surface area contributed by atoms with Crippen LogP contribution in [-0.2, 0) is 16.1 Å². The van der Waals surface area contributed by atoms with Gasteiger partial charge in [-0.15, -0.1) is 11.3 Å². The summed E-state index contributed by atoms with van der Waals surface area (Å²) >= 11 is 1.10. The Balaban J connectivity index is 1.40. The molecule has 0 saturated carbocycles. The van der Waals surface area contributed by atoms with Crippen molar-refractivity contribution in [3.63, 3.8) is 0 Å². The van der Waals surface area contributed by atoms with Gasteiger partial charge in [0.2, 0.25) is 0 Å². The molecule has 0 aliphatic carbocycles. The predicted molar refractivity (Wildman–Crippen MR) is 111 cm³/mol. The van der Waals surface area contributed by atoms with Crippen molar-refractivity contribution in [1.82, 2.24) is 4.90 Å². The third kappa shape index (κ3) is 4.01. The molecule has 0 spiro atoms. The molecular formula is C21H15N3O7S. The Labute approximate surface area is 184 Å². The molecule has 0 radical (unpaired) electrons. The van der Waals surface area contributed by atoms with Crippen LogP contribution >= 0.6 is 11.3 Å². The van der Waals surface area contributed by atoms with Crippen LogP contribution in [0.2, 0.25) is 0 Å². The number of rotatable bonds is 7. The minimum Gasteiger partial charge on any atom is -0.467 e. The molecule has 11 heteroatoms. The third-order valence-electron chi connectivity index (χ3n) is 4.62. The number of furan rings is 1. The van der Waals surface area contributed by atoms with Gasteiger partial charge >= 0.3 is 5.97 Å². The van der Waals surface area contributed by atoms with E-state index in [4.69, 9.17) is 14.9 Å². The molecule has 1 aliphatic rings. The van der Waals surface area contributed by atoms with Crippen LogP contribution in [0.1, 0.15) is 47.2 Å². The van der Waals surface area contributed by atoms with Gasteiger partial charge in [0.15, 0.2) is 6.61 Å². The largest absolute Gasteiger partial charge is 0.467 e. The molecule has 2 aromatic heterocycles. The van der Waals surface area contributed by atoms with Gasteiger partial charge in [0.1, 0.15) is 10.8 Å². The Hall–Kier alpha value is -4.25. The van der Waals surface area contributed by atoms with Gasteiger partial charge in [0.05, 0.1) is 35.1 Å². The second kappa shape index (κ2) is 8.47. The van der Waals surface area contributed by atoms with Crippen LogP contribution in [0.25, 0.3) is 0 Å². The average Bonchev–Trinajstić information content (AvgIpc) is 3.50. The number of benzene rings is 1. The van der Waals surface area contributed by atoms with E-state index in [0.717, 1.165) is 16.2 Å². The van der Waals surface area contributed by atoms with Crippen LogP contribution in [0.15, 0.2) is 52.5 Å². The van der Waals surface area contributed by atoms with E-state index in [1.165, 1.54) is 30.5 Å². The standard InChI is InChI=1S/C21H15N3O7S/c22-17(26)14-5-7-32-18(14)23-16(25)10-31-21(29)11-3-4-13-15(8-11)20(28)24(19(13)27)9-12-2-1-6-30-12/h1-8H,9-10H2,(H2,22,26)(H,23,25). The molecule has 0 bridgehead atoms. The smallest absolute Gasteiger partial charge is 0.338 e. The first-order valence-electron chi connectivity index (χ1n) is 9.22. The average molecular weight is 453 g/mol. The number of primary amides is 1. The Morgan fingerprint density at radius 3 is 2.59 bits per heavy atom. The zero-order valence-electron chi connectivity index (χ0n) is 16.3. The van der Waals surface area contributed by atoms with Crippen molar-refractivity contribution < 1.29 is 33.1 Å². The summed E-state index contributed by atoms with van der Waals surface area (Å²) in [4.78, 5) is 61.9. The highest BCUT2D eigenvalue weighted by molar-refractivity contribution is 7.14. The fraction of sp³-hybridized carbons (Fsp3) is 0.0952. The zero-order valence-corrected chi connectivity index (χ0v) is 17.1. The van der Waals surface area contributed by atoms with E-state index in [1.807, 2.05) is 0 Å². The fourth-order valence-electron chi connectivity index (χ4n) is 3.10. The van der Waals surface area contributed by atoms with E-state index in [-0.39, 0.29) is 33.8 Å². The number of esters is 1. The Morgan fingerprint density at radius 2 is 1.88 bits per heavy atom. The lowest BCUT2D eigenvalue weighted by Gasteiger charge is -2.11. The summed E-state index contributed by atoms with van der Waals surface area (Å²) in [5.41, 5.74) is 5.59. The molecule has 162 valence electrons. The van der Waals surface area contributed by atoms with Gasteiger partial charge in [-0.05, 0) is 41.8 Å². The lowest BCUT2D eigenvalue weighted by Crippen LogP contribution is -2.28. The van der Waals surface area contributed by atoms with Gasteiger partial charge < -0.3 is 20.2 Å². The number of anilines is 1. The van der Waals surface area contributed by atoms with Crippen molar-refractivity contribution in [2.24, 2.45) is 5.73 Å². The van der Waals surface area contributed by atoms with Crippen molar-refractivity contribution in [2.45, 2.75) is 6.54 Å². The van der Waals surface area contributed by atoms with Gasteiger partial charge in [-0.3, -0.25) is 24.1 Å². The summed E-state index contributed by atoms with van der Waals surface area (Å²) < 4.78 is 10.2. The molecule has 3 heterocycles. The van der Waals surface area contributed by atoms with Crippen LogP contribution in [0.4, 0.5) is 5.00 Å². The number of hydrogen-bond acceptors (Lipinski definition) is 8. The predicted octanol–water partition coefficient (Wildman–Crippen LogP) is 2.03. The second-order valence-electron chi connectivity index (χ2n) is 6.69. The Morgan fingerprint density at radius 1 is 1.09 bits per heavy atom.